The summed E-state index contributed by atoms with van der Waals surface area (Å²) < 4.78 is 34.2. The van der Waals surface area contributed by atoms with E-state index < -0.39 is 10.0 Å². The van der Waals surface area contributed by atoms with Gasteiger partial charge in [0.1, 0.15) is 10.6 Å². The molecule has 1 aliphatic heterocycles. The van der Waals surface area contributed by atoms with Crippen LogP contribution in [0.25, 0.3) is 10.9 Å². The number of hydrogen-bond donors (Lipinski definition) is 0. The Morgan fingerprint density at radius 2 is 1.96 bits per heavy atom. The van der Waals surface area contributed by atoms with E-state index in [2.05, 4.69) is 4.98 Å². The highest BCUT2D eigenvalue weighted by molar-refractivity contribution is 7.89. The summed E-state index contributed by atoms with van der Waals surface area (Å²) in [7, 11) is -3.66. The molecule has 0 spiro atoms. The Bertz CT molecular complexity index is 1090. The molecular weight excluding hydrogens is 372 g/mol. The zero-order valence-electron chi connectivity index (χ0n) is 16.1. The van der Waals surface area contributed by atoms with Gasteiger partial charge >= 0.3 is 0 Å². The van der Waals surface area contributed by atoms with Gasteiger partial charge in [0.05, 0.1) is 18.2 Å². The molecule has 0 radical (unpaired) electrons. The standard InChI is InChI=1S/C22H24N2O3S/c1-3-27-19-11-9-17(10-12-19)20-7-5-13-24(20)28(25,26)21-8-4-6-18-14-16(2)15-23-22(18)21/h4,6,8-12,14-15,20H,3,5,7,13H2,1-2H3/t20-/m0/s1. The van der Waals surface area contributed by atoms with Crippen LogP contribution >= 0.6 is 0 Å². The molecular formula is C22H24N2O3S. The second-order valence-electron chi connectivity index (χ2n) is 7.12. The van der Waals surface area contributed by atoms with Crippen LogP contribution in [0.15, 0.2) is 59.6 Å². The van der Waals surface area contributed by atoms with Crippen LogP contribution in [-0.2, 0) is 10.0 Å². The van der Waals surface area contributed by atoms with E-state index in [-0.39, 0.29) is 10.9 Å². The number of benzene rings is 2. The van der Waals surface area contributed by atoms with Crippen LogP contribution in [0.3, 0.4) is 0 Å². The summed E-state index contributed by atoms with van der Waals surface area (Å²) in [6, 6.07) is 14.9. The third kappa shape index (κ3) is 3.38. The smallest absolute Gasteiger partial charge is 0.245 e. The molecule has 1 atom stereocenters. The molecule has 5 nitrogen and oxygen atoms in total. The van der Waals surface area contributed by atoms with Gasteiger partial charge in [0, 0.05) is 18.1 Å². The quantitative estimate of drug-likeness (QED) is 0.638. The number of para-hydroxylation sites is 1. The summed E-state index contributed by atoms with van der Waals surface area (Å²) in [5.41, 5.74) is 2.54. The molecule has 0 unspecified atom stereocenters. The van der Waals surface area contributed by atoms with Crippen molar-refractivity contribution in [1.29, 1.82) is 0 Å². The first-order valence-electron chi connectivity index (χ1n) is 9.60. The lowest BCUT2D eigenvalue weighted by atomic mass is 10.1. The van der Waals surface area contributed by atoms with Crippen molar-refractivity contribution < 1.29 is 13.2 Å². The predicted molar refractivity (Wildman–Crippen MR) is 110 cm³/mol. The van der Waals surface area contributed by atoms with Gasteiger partial charge in [-0.1, -0.05) is 24.3 Å². The Labute approximate surface area is 166 Å². The summed E-state index contributed by atoms with van der Waals surface area (Å²) in [6.07, 6.45) is 3.37. The van der Waals surface area contributed by atoms with Gasteiger partial charge in [0.25, 0.3) is 0 Å². The van der Waals surface area contributed by atoms with Crippen molar-refractivity contribution in [3.63, 3.8) is 0 Å². The average molecular weight is 397 g/mol. The molecule has 1 aliphatic rings. The predicted octanol–water partition coefficient (Wildman–Crippen LogP) is 4.47. The molecule has 1 fully saturated rings. The molecule has 6 heteroatoms. The first kappa shape index (κ1) is 18.9. The maximum Gasteiger partial charge on any atom is 0.245 e. The molecule has 0 amide bonds. The lowest BCUT2D eigenvalue weighted by Gasteiger charge is -2.25. The normalized spacial score (nSPS) is 17.9. The van der Waals surface area contributed by atoms with E-state index in [1.807, 2.05) is 50.2 Å². The zero-order chi connectivity index (χ0) is 19.7. The molecule has 0 saturated carbocycles. The minimum atomic E-state index is -3.66. The minimum absolute atomic E-state index is 0.165. The largest absolute Gasteiger partial charge is 0.494 e. The minimum Gasteiger partial charge on any atom is -0.494 e. The van der Waals surface area contributed by atoms with Crippen molar-refractivity contribution in [2.24, 2.45) is 0 Å². The Morgan fingerprint density at radius 1 is 1.18 bits per heavy atom. The summed E-state index contributed by atoms with van der Waals surface area (Å²) in [6.45, 7) is 5.02. The molecule has 3 aromatic rings. The lowest BCUT2D eigenvalue weighted by Crippen LogP contribution is -2.31. The molecule has 0 aliphatic carbocycles. The van der Waals surface area contributed by atoms with E-state index in [1.54, 1.807) is 22.6 Å². The first-order valence-corrected chi connectivity index (χ1v) is 11.0. The number of aromatic nitrogens is 1. The lowest BCUT2D eigenvalue weighted by molar-refractivity contribution is 0.339. The fourth-order valence-electron chi connectivity index (χ4n) is 3.89. The van der Waals surface area contributed by atoms with Crippen molar-refractivity contribution in [3.8, 4) is 5.75 Å². The third-order valence-corrected chi connectivity index (χ3v) is 7.12. The Kier molecular flexibility index (Phi) is 5.08. The number of pyridine rings is 1. The van der Waals surface area contributed by atoms with Crippen LogP contribution in [0.1, 0.15) is 36.9 Å². The Hall–Kier alpha value is -2.44. The Morgan fingerprint density at radius 3 is 2.71 bits per heavy atom. The number of fused-ring (bicyclic) bond motifs is 1. The van der Waals surface area contributed by atoms with Crippen LogP contribution in [0.5, 0.6) is 5.75 Å². The molecule has 2 aromatic carbocycles. The van der Waals surface area contributed by atoms with Gasteiger partial charge in [-0.2, -0.15) is 4.31 Å². The zero-order valence-corrected chi connectivity index (χ0v) is 16.9. The van der Waals surface area contributed by atoms with Gasteiger partial charge < -0.3 is 4.74 Å². The number of ether oxygens (including phenoxy) is 1. The highest BCUT2D eigenvalue weighted by atomic mass is 32.2. The van der Waals surface area contributed by atoms with Crippen LogP contribution < -0.4 is 4.74 Å². The van der Waals surface area contributed by atoms with Gasteiger partial charge in [-0.05, 0) is 62.1 Å². The van der Waals surface area contributed by atoms with E-state index >= 15 is 0 Å². The van der Waals surface area contributed by atoms with E-state index in [0.29, 0.717) is 18.7 Å². The van der Waals surface area contributed by atoms with Crippen LogP contribution in [0.2, 0.25) is 0 Å². The summed E-state index contributed by atoms with van der Waals surface area (Å²) in [5.74, 6) is 0.798. The first-order chi connectivity index (χ1) is 13.5. The van der Waals surface area contributed by atoms with E-state index in [9.17, 15) is 8.42 Å². The van der Waals surface area contributed by atoms with Crippen molar-refractivity contribution >= 4 is 20.9 Å². The maximum absolute atomic E-state index is 13.5. The van der Waals surface area contributed by atoms with Gasteiger partial charge in [0.15, 0.2) is 0 Å². The van der Waals surface area contributed by atoms with E-state index in [4.69, 9.17) is 4.74 Å². The average Bonchev–Trinajstić information content (AvgIpc) is 3.19. The number of aryl methyl sites for hydroxylation is 1. The topological polar surface area (TPSA) is 59.5 Å². The molecule has 1 saturated heterocycles. The van der Waals surface area contributed by atoms with Crippen molar-refractivity contribution in [1.82, 2.24) is 9.29 Å². The second-order valence-corrected chi connectivity index (χ2v) is 8.98. The molecule has 146 valence electrons. The van der Waals surface area contributed by atoms with Crippen molar-refractivity contribution in [2.75, 3.05) is 13.2 Å². The van der Waals surface area contributed by atoms with Gasteiger partial charge in [0.2, 0.25) is 10.0 Å². The summed E-state index contributed by atoms with van der Waals surface area (Å²) in [5, 5.41) is 0.845. The van der Waals surface area contributed by atoms with Gasteiger partial charge in [-0.15, -0.1) is 0 Å². The summed E-state index contributed by atoms with van der Waals surface area (Å²) >= 11 is 0. The number of nitrogens with zero attached hydrogens (tertiary/aromatic N) is 2. The molecule has 0 bridgehead atoms. The molecule has 4 rings (SSSR count). The van der Waals surface area contributed by atoms with Crippen LogP contribution in [-0.4, -0.2) is 30.9 Å². The SMILES string of the molecule is CCOc1ccc([C@@H]2CCCN2S(=O)(=O)c2cccc3cc(C)cnc23)cc1. The van der Waals surface area contributed by atoms with Crippen LogP contribution in [0.4, 0.5) is 0 Å². The fraction of sp³-hybridized carbons (Fsp3) is 0.318. The molecule has 0 N–H and O–H groups in total. The van der Waals surface area contributed by atoms with Crippen LogP contribution in [0, 0.1) is 6.92 Å². The molecule has 1 aromatic heterocycles. The molecule has 28 heavy (non-hydrogen) atoms. The monoisotopic (exact) mass is 396 g/mol. The highest BCUT2D eigenvalue weighted by Gasteiger charge is 2.37. The van der Waals surface area contributed by atoms with Crippen molar-refractivity contribution in [3.05, 3.63) is 65.9 Å². The highest BCUT2D eigenvalue weighted by Crippen LogP contribution is 2.38. The molecule has 2 heterocycles. The third-order valence-electron chi connectivity index (χ3n) is 5.18. The number of sulfonamides is 1. The van der Waals surface area contributed by atoms with Crippen molar-refractivity contribution in [2.45, 2.75) is 37.6 Å². The van der Waals surface area contributed by atoms with E-state index in [1.165, 1.54) is 0 Å². The fourth-order valence-corrected chi connectivity index (χ4v) is 5.74. The second kappa shape index (κ2) is 7.53. The number of rotatable bonds is 5. The van der Waals surface area contributed by atoms with E-state index in [0.717, 1.165) is 35.1 Å². The number of hydrogen-bond acceptors (Lipinski definition) is 4. The summed E-state index contributed by atoms with van der Waals surface area (Å²) in [4.78, 5) is 4.71. The Balaban J connectivity index is 1.72. The maximum atomic E-state index is 13.5. The van der Waals surface area contributed by atoms with Gasteiger partial charge in [-0.3, -0.25) is 4.98 Å². The van der Waals surface area contributed by atoms with Gasteiger partial charge in [-0.25, -0.2) is 8.42 Å².